The van der Waals surface area contributed by atoms with Crippen molar-refractivity contribution in [2.45, 2.75) is 90.4 Å². The number of alkyl halides is 14. The van der Waals surface area contributed by atoms with Gasteiger partial charge in [0.25, 0.3) is 0 Å². The van der Waals surface area contributed by atoms with Crippen LogP contribution in [-0.4, -0.2) is 86.5 Å². The summed E-state index contributed by atoms with van der Waals surface area (Å²) in [5, 5.41) is 0. The maximum absolute atomic E-state index is 12.9. The van der Waals surface area contributed by atoms with Crippen molar-refractivity contribution in [2.75, 3.05) is 0 Å². The summed E-state index contributed by atoms with van der Waals surface area (Å²) in [4.78, 5) is 44.2. The third-order valence-corrected chi connectivity index (χ3v) is 4.52. The van der Waals surface area contributed by atoms with Gasteiger partial charge in [-0.25, -0.2) is 0 Å². The zero-order chi connectivity index (χ0) is 31.7. The standard InChI is InChI=1S/2C10H11F7O2.Pb/c2*1-7(2,3)5(18)4-6(19)8(11,12)9(13,14)10(15,16)17;/h2*4H2,1-3H3;. The molecular formula is C20H22F14O4Pb. The van der Waals surface area contributed by atoms with Crippen molar-refractivity contribution in [1.29, 1.82) is 0 Å². The van der Waals surface area contributed by atoms with Gasteiger partial charge in [0.15, 0.2) is 0 Å². The van der Waals surface area contributed by atoms with Gasteiger partial charge < -0.3 is 0 Å². The molecule has 4 nitrogen and oxygen atoms in total. The molecule has 0 aliphatic carbocycles. The molecule has 0 rings (SSSR count). The van der Waals surface area contributed by atoms with Gasteiger partial charge in [-0.3, -0.25) is 19.2 Å². The Balaban J connectivity index is -0.000000648. The van der Waals surface area contributed by atoms with E-state index in [1.54, 1.807) is 0 Å². The van der Waals surface area contributed by atoms with E-state index in [2.05, 4.69) is 0 Å². The van der Waals surface area contributed by atoms with Crippen LogP contribution in [0.15, 0.2) is 0 Å². The number of ketones is 4. The van der Waals surface area contributed by atoms with E-state index in [1.165, 1.54) is 41.5 Å². The van der Waals surface area contributed by atoms with E-state index in [4.69, 9.17) is 0 Å². The first-order valence-corrected chi connectivity index (χ1v) is 9.88. The molecule has 0 unspecified atom stereocenters. The molecule has 19 heteroatoms. The minimum atomic E-state index is -6.59. The molecule has 0 spiro atoms. The van der Waals surface area contributed by atoms with Gasteiger partial charge in [0.2, 0.25) is 11.6 Å². The molecule has 0 N–H and O–H groups in total. The van der Waals surface area contributed by atoms with E-state index in [-0.39, 0.29) is 27.3 Å². The van der Waals surface area contributed by atoms with Crippen molar-refractivity contribution >= 4 is 50.4 Å². The number of rotatable bonds is 8. The Kier molecular flexibility index (Phi) is 13.6. The minimum Gasteiger partial charge on any atom is -0.299 e. The molecule has 0 aromatic heterocycles. The van der Waals surface area contributed by atoms with E-state index in [9.17, 15) is 80.6 Å². The Morgan fingerprint density at radius 2 is 0.590 bits per heavy atom. The fourth-order valence-electron chi connectivity index (χ4n) is 1.75. The Bertz CT molecular complexity index is 833. The molecule has 0 bridgehead atoms. The Hall–Kier alpha value is -1.38. The molecule has 0 saturated carbocycles. The first-order valence-electron chi connectivity index (χ1n) is 9.88. The van der Waals surface area contributed by atoms with Gasteiger partial charge in [-0.2, -0.15) is 61.5 Å². The Morgan fingerprint density at radius 1 is 0.410 bits per heavy atom. The molecule has 0 saturated heterocycles. The second kappa shape index (κ2) is 12.6. The van der Waals surface area contributed by atoms with Gasteiger partial charge >= 0.3 is 36.0 Å². The van der Waals surface area contributed by atoms with Crippen LogP contribution >= 0.6 is 0 Å². The van der Waals surface area contributed by atoms with Crippen LogP contribution in [0.1, 0.15) is 54.4 Å². The predicted octanol–water partition coefficient (Wildman–Crippen LogP) is 6.41. The van der Waals surface area contributed by atoms with Gasteiger partial charge in [0, 0.05) is 38.1 Å². The maximum atomic E-state index is 12.9. The number of hydrogen-bond acceptors (Lipinski definition) is 4. The first-order chi connectivity index (χ1) is 16.1. The summed E-state index contributed by atoms with van der Waals surface area (Å²) in [6.07, 6.45) is -16.6. The molecule has 0 amide bonds. The molecular weight excluding hydrogens is 777 g/mol. The fourth-order valence-corrected chi connectivity index (χ4v) is 1.75. The van der Waals surface area contributed by atoms with E-state index in [0.717, 1.165) is 0 Å². The van der Waals surface area contributed by atoms with Gasteiger partial charge in [0.05, 0.1) is 12.8 Å². The first kappa shape index (κ1) is 42.1. The van der Waals surface area contributed by atoms with Crippen molar-refractivity contribution in [3.05, 3.63) is 0 Å². The van der Waals surface area contributed by atoms with Crippen LogP contribution in [-0.2, 0) is 19.2 Å². The summed E-state index contributed by atoms with van der Waals surface area (Å²) in [5.74, 6) is -32.8. The largest absolute Gasteiger partial charge is 0.460 e. The number of hydrogen-bond donors (Lipinski definition) is 0. The number of carbonyl (C=O) groups excluding carboxylic acids is 4. The van der Waals surface area contributed by atoms with E-state index in [1.807, 2.05) is 0 Å². The average molecular weight is 800 g/mol. The average Bonchev–Trinajstić information content (AvgIpc) is 2.64. The zero-order valence-corrected chi connectivity index (χ0v) is 24.7. The second-order valence-electron chi connectivity index (χ2n) is 9.84. The SMILES string of the molecule is CC(C)(C)C(=O)CC(=O)C(F)(F)C(F)(F)C(F)(F)F.CC(C)(C)C(=O)CC(=O)C(F)(F)C(F)(F)C(F)(F)F.[Pb]. The molecule has 0 aliphatic heterocycles. The molecule has 0 aromatic rings. The molecule has 0 aliphatic rings. The Labute approximate surface area is 232 Å². The van der Waals surface area contributed by atoms with E-state index in [0.29, 0.717) is 0 Å². The molecule has 0 aromatic carbocycles. The Morgan fingerprint density at radius 3 is 0.718 bits per heavy atom. The van der Waals surface area contributed by atoms with Gasteiger partial charge in [-0.15, -0.1) is 0 Å². The van der Waals surface area contributed by atoms with E-state index < -0.39 is 82.8 Å². The van der Waals surface area contributed by atoms with Crippen LogP contribution in [0.3, 0.4) is 0 Å². The van der Waals surface area contributed by atoms with Crippen molar-refractivity contribution < 1.29 is 80.6 Å². The summed E-state index contributed by atoms with van der Waals surface area (Å²) in [5.41, 5.74) is -2.61. The smallest absolute Gasteiger partial charge is 0.299 e. The monoisotopic (exact) mass is 800 g/mol. The normalized spacial score (nSPS) is 14.1. The molecule has 4 radical (unpaired) electrons. The van der Waals surface area contributed by atoms with Gasteiger partial charge in [-0.05, 0) is 0 Å². The van der Waals surface area contributed by atoms with Gasteiger partial charge in [-0.1, -0.05) is 41.5 Å². The third-order valence-electron chi connectivity index (χ3n) is 4.52. The fraction of sp³-hybridized carbons (Fsp3) is 0.800. The summed E-state index contributed by atoms with van der Waals surface area (Å²) in [7, 11) is 0. The van der Waals surface area contributed by atoms with Crippen molar-refractivity contribution in [1.82, 2.24) is 0 Å². The van der Waals surface area contributed by atoms with Crippen LogP contribution in [0, 0.1) is 10.8 Å². The number of Topliss-reactive ketones (excluding diaryl/α,β-unsaturated/α-hetero) is 4. The summed E-state index contributed by atoms with van der Waals surface area (Å²) >= 11 is 0. The number of halogens is 14. The quantitative estimate of drug-likeness (QED) is 0.162. The second-order valence-corrected chi connectivity index (χ2v) is 9.84. The predicted molar refractivity (Wildman–Crippen MR) is 106 cm³/mol. The van der Waals surface area contributed by atoms with Crippen LogP contribution < -0.4 is 0 Å². The summed E-state index contributed by atoms with van der Waals surface area (Å²) < 4.78 is 172. The van der Waals surface area contributed by atoms with Crippen molar-refractivity contribution in [3.8, 4) is 0 Å². The van der Waals surface area contributed by atoms with Gasteiger partial charge in [0.1, 0.15) is 11.6 Å². The van der Waals surface area contributed by atoms with Crippen molar-refractivity contribution in [2.24, 2.45) is 10.8 Å². The van der Waals surface area contributed by atoms with Crippen LogP contribution in [0.2, 0.25) is 0 Å². The number of carbonyl (C=O) groups is 4. The van der Waals surface area contributed by atoms with Crippen LogP contribution in [0.4, 0.5) is 61.5 Å². The minimum absolute atomic E-state index is 0. The van der Waals surface area contributed by atoms with E-state index >= 15 is 0 Å². The van der Waals surface area contributed by atoms with Crippen molar-refractivity contribution in [3.63, 3.8) is 0 Å². The molecule has 0 heterocycles. The molecule has 0 fully saturated rings. The summed E-state index contributed by atoms with van der Waals surface area (Å²) in [6, 6.07) is 0. The molecule has 39 heavy (non-hydrogen) atoms. The zero-order valence-electron chi connectivity index (χ0n) is 20.8. The maximum Gasteiger partial charge on any atom is 0.460 e. The molecule has 0 atom stereocenters. The topological polar surface area (TPSA) is 68.3 Å². The van der Waals surface area contributed by atoms with Crippen LogP contribution in [0.25, 0.3) is 0 Å². The summed E-state index contributed by atoms with van der Waals surface area (Å²) in [6.45, 7) is 7.27. The molecule has 228 valence electrons. The van der Waals surface area contributed by atoms with Crippen LogP contribution in [0.5, 0.6) is 0 Å². The third kappa shape index (κ3) is 9.89.